The predicted molar refractivity (Wildman–Crippen MR) is 180 cm³/mol. The third-order valence-corrected chi connectivity index (χ3v) is 9.43. The van der Waals surface area contributed by atoms with Gasteiger partial charge in [0.2, 0.25) is 5.85 Å². The number of rotatable bonds is 33. The number of aliphatic hydroxyl groups is 1. The molecule has 44 heavy (non-hydrogen) atoms. The SMILES string of the molecule is CCCCCCCCCCCCCCCC(=O)OC([C@H](CO)OC(=O)CCCCCCCCCCCCCCC)P(=O)(O)O. The van der Waals surface area contributed by atoms with E-state index in [1.54, 1.807) is 0 Å². The fraction of sp³-hybridized carbons (Fsp3) is 0.943. The number of esters is 2. The van der Waals surface area contributed by atoms with E-state index in [0.29, 0.717) is 12.8 Å². The summed E-state index contributed by atoms with van der Waals surface area (Å²) in [6.07, 6.45) is 29.0. The Morgan fingerprint density at radius 3 is 1.05 bits per heavy atom. The maximum absolute atomic E-state index is 12.3. The highest BCUT2D eigenvalue weighted by Crippen LogP contribution is 2.44. The minimum Gasteiger partial charge on any atom is -0.455 e. The molecule has 0 rings (SSSR count). The average Bonchev–Trinajstić information content (AvgIpc) is 2.99. The fourth-order valence-corrected chi connectivity index (χ4v) is 6.39. The van der Waals surface area contributed by atoms with E-state index in [0.717, 1.165) is 38.5 Å². The third kappa shape index (κ3) is 27.4. The molecule has 0 heterocycles. The van der Waals surface area contributed by atoms with Crippen LogP contribution in [0.15, 0.2) is 0 Å². The summed E-state index contributed by atoms with van der Waals surface area (Å²) in [6, 6.07) is 0. The molecule has 2 atom stereocenters. The Kier molecular flexibility index (Phi) is 30.0. The smallest absolute Gasteiger partial charge is 0.369 e. The first-order valence-corrected chi connectivity index (χ1v) is 20.0. The molecule has 0 spiro atoms. The first-order chi connectivity index (χ1) is 21.3. The molecule has 0 bridgehead atoms. The summed E-state index contributed by atoms with van der Waals surface area (Å²) in [4.78, 5) is 44.2. The Bertz CT molecular complexity index is 711. The second-order valence-corrected chi connectivity index (χ2v) is 14.4. The molecule has 0 saturated carbocycles. The Morgan fingerprint density at radius 2 is 0.773 bits per heavy atom. The average molecular weight is 649 g/mol. The van der Waals surface area contributed by atoms with Crippen molar-refractivity contribution in [3.8, 4) is 0 Å². The fourth-order valence-electron chi connectivity index (χ4n) is 5.54. The predicted octanol–water partition coefficient (Wildman–Crippen LogP) is 9.90. The van der Waals surface area contributed by atoms with Crippen LogP contribution in [0.4, 0.5) is 0 Å². The first-order valence-electron chi connectivity index (χ1n) is 18.3. The van der Waals surface area contributed by atoms with Gasteiger partial charge in [0.05, 0.1) is 6.61 Å². The largest absolute Gasteiger partial charge is 0.455 e. The van der Waals surface area contributed by atoms with Crippen LogP contribution in [0.1, 0.15) is 194 Å². The van der Waals surface area contributed by atoms with E-state index >= 15 is 0 Å². The minimum atomic E-state index is -4.97. The summed E-state index contributed by atoms with van der Waals surface area (Å²) in [5.74, 6) is -3.41. The summed E-state index contributed by atoms with van der Waals surface area (Å²) in [5, 5.41) is 9.69. The van der Waals surface area contributed by atoms with E-state index in [2.05, 4.69) is 13.8 Å². The molecule has 8 nitrogen and oxygen atoms in total. The normalized spacial score (nSPS) is 13.1. The lowest BCUT2D eigenvalue weighted by Crippen LogP contribution is -2.37. The van der Waals surface area contributed by atoms with E-state index < -0.39 is 38.1 Å². The molecular weight excluding hydrogens is 579 g/mol. The highest BCUT2D eigenvalue weighted by Gasteiger charge is 2.42. The van der Waals surface area contributed by atoms with Gasteiger partial charge >= 0.3 is 19.5 Å². The van der Waals surface area contributed by atoms with Crippen LogP contribution in [0.2, 0.25) is 0 Å². The molecule has 0 aromatic heterocycles. The van der Waals surface area contributed by atoms with Crippen LogP contribution in [0.3, 0.4) is 0 Å². The maximum Gasteiger partial charge on any atom is 0.369 e. The van der Waals surface area contributed by atoms with Gasteiger partial charge in [-0.3, -0.25) is 14.2 Å². The van der Waals surface area contributed by atoms with E-state index in [4.69, 9.17) is 9.47 Å². The summed E-state index contributed by atoms with van der Waals surface area (Å²) < 4.78 is 22.3. The number of hydrogen-bond donors (Lipinski definition) is 3. The van der Waals surface area contributed by atoms with E-state index in [9.17, 15) is 29.0 Å². The van der Waals surface area contributed by atoms with Crippen LogP contribution in [-0.4, -0.2) is 45.4 Å². The number of hydrogen-bond acceptors (Lipinski definition) is 6. The van der Waals surface area contributed by atoms with Gasteiger partial charge in [-0.15, -0.1) is 0 Å². The molecular formula is C35H69O8P. The van der Waals surface area contributed by atoms with E-state index in [-0.39, 0.29) is 12.8 Å². The van der Waals surface area contributed by atoms with Gasteiger partial charge in [0.1, 0.15) is 0 Å². The van der Waals surface area contributed by atoms with Crippen molar-refractivity contribution < 1.29 is 38.5 Å². The lowest BCUT2D eigenvalue weighted by molar-refractivity contribution is -0.166. The monoisotopic (exact) mass is 648 g/mol. The van der Waals surface area contributed by atoms with Crippen molar-refractivity contribution in [3.05, 3.63) is 0 Å². The Hall–Kier alpha value is -0.950. The van der Waals surface area contributed by atoms with Gasteiger partial charge in [-0.05, 0) is 12.8 Å². The van der Waals surface area contributed by atoms with Gasteiger partial charge in [-0.25, -0.2) is 0 Å². The molecule has 3 N–H and O–H groups in total. The van der Waals surface area contributed by atoms with Crippen LogP contribution in [-0.2, 0) is 23.6 Å². The van der Waals surface area contributed by atoms with Gasteiger partial charge < -0.3 is 24.4 Å². The highest BCUT2D eigenvalue weighted by atomic mass is 31.2. The minimum absolute atomic E-state index is 0.0271. The molecule has 0 radical (unpaired) electrons. The second kappa shape index (κ2) is 30.7. The molecule has 0 aliphatic heterocycles. The molecule has 0 aliphatic carbocycles. The van der Waals surface area contributed by atoms with Gasteiger partial charge in [0.15, 0.2) is 6.10 Å². The highest BCUT2D eigenvalue weighted by molar-refractivity contribution is 7.52. The molecule has 0 saturated heterocycles. The lowest BCUT2D eigenvalue weighted by atomic mass is 10.0. The summed E-state index contributed by atoms with van der Waals surface area (Å²) in [6.45, 7) is 3.62. The quantitative estimate of drug-likeness (QED) is 0.0364. The van der Waals surface area contributed by atoms with E-state index in [1.807, 2.05) is 0 Å². The molecule has 0 aliphatic rings. The number of aliphatic hydroxyl groups excluding tert-OH is 1. The van der Waals surface area contributed by atoms with E-state index in [1.165, 1.54) is 116 Å². The summed E-state index contributed by atoms with van der Waals surface area (Å²) >= 11 is 0. The summed E-state index contributed by atoms with van der Waals surface area (Å²) in [5.41, 5.74) is 0. The van der Waals surface area contributed by atoms with Crippen LogP contribution >= 0.6 is 7.60 Å². The van der Waals surface area contributed by atoms with Gasteiger partial charge in [0, 0.05) is 12.8 Å². The van der Waals surface area contributed by atoms with Crippen molar-refractivity contribution in [3.63, 3.8) is 0 Å². The number of unbranched alkanes of at least 4 members (excludes halogenated alkanes) is 24. The number of ether oxygens (including phenoxy) is 2. The van der Waals surface area contributed by atoms with Gasteiger partial charge in [-0.2, -0.15) is 0 Å². The van der Waals surface area contributed by atoms with Gasteiger partial charge in [0.25, 0.3) is 0 Å². The number of carbonyl (C=O) groups is 2. The zero-order valence-corrected chi connectivity index (χ0v) is 29.4. The molecule has 1 unspecified atom stereocenters. The van der Waals surface area contributed by atoms with Crippen molar-refractivity contribution in [2.45, 2.75) is 206 Å². The summed E-state index contributed by atoms with van der Waals surface area (Å²) in [7, 11) is -4.97. The number of carbonyl (C=O) groups excluding carboxylic acids is 2. The lowest BCUT2D eigenvalue weighted by Gasteiger charge is -2.26. The standard InChI is InChI=1S/C35H69O8P/c1-3-5-7-9-11-13-15-17-19-21-23-25-27-29-33(37)42-32(31-36)35(44(39,40)41)43-34(38)30-28-26-24-22-20-18-16-14-12-10-8-6-4-2/h32,35-36H,3-31H2,1-2H3,(H2,39,40,41)/t32-,35?/m0/s1. The zero-order valence-electron chi connectivity index (χ0n) is 28.5. The second-order valence-electron chi connectivity index (χ2n) is 12.7. The van der Waals surface area contributed by atoms with Crippen molar-refractivity contribution >= 4 is 19.5 Å². The molecule has 0 amide bonds. The zero-order chi connectivity index (χ0) is 32.7. The van der Waals surface area contributed by atoms with Crippen LogP contribution in [0.5, 0.6) is 0 Å². The van der Waals surface area contributed by atoms with Crippen molar-refractivity contribution in [1.29, 1.82) is 0 Å². The third-order valence-electron chi connectivity index (χ3n) is 8.33. The Labute approximate surface area is 270 Å². The van der Waals surface area contributed by atoms with Crippen LogP contribution in [0.25, 0.3) is 0 Å². The van der Waals surface area contributed by atoms with Crippen molar-refractivity contribution in [1.82, 2.24) is 0 Å². The molecule has 262 valence electrons. The topological polar surface area (TPSA) is 130 Å². The van der Waals surface area contributed by atoms with Crippen molar-refractivity contribution in [2.24, 2.45) is 0 Å². The molecule has 0 aromatic carbocycles. The maximum atomic E-state index is 12.3. The molecule has 9 heteroatoms. The Morgan fingerprint density at radius 1 is 0.500 bits per heavy atom. The van der Waals surface area contributed by atoms with Crippen LogP contribution < -0.4 is 0 Å². The van der Waals surface area contributed by atoms with Gasteiger partial charge in [-0.1, -0.05) is 168 Å². The first kappa shape index (κ1) is 43.0. The Balaban J connectivity index is 4.07. The van der Waals surface area contributed by atoms with Crippen LogP contribution in [0, 0.1) is 0 Å². The van der Waals surface area contributed by atoms with Crippen molar-refractivity contribution in [2.75, 3.05) is 6.61 Å². The molecule has 0 fully saturated rings. The molecule has 0 aromatic rings.